The van der Waals surface area contributed by atoms with Crippen LogP contribution in [-0.2, 0) is 9.53 Å². The van der Waals surface area contributed by atoms with E-state index in [0.717, 1.165) is 31.2 Å². The molecule has 2 N–H and O–H groups in total. The van der Waals surface area contributed by atoms with Crippen LogP contribution in [0.15, 0.2) is 24.5 Å². The minimum Gasteiger partial charge on any atom is -0.387 e. The smallest absolute Gasteiger partial charge is 0.223 e. The van der Waals surface area contributed by atoms with Gasteiger partial charge in [-0.25, -0.2) is 0 Å². The van der Waals surface area contributed by atoms with Gasteiger partial charge in [0.15, 0.2) is 0 Å². The number of pyridine rings is 1. The van der Waals surface area contributed by atoms with Crippen LogP contribution in [0.2, 0.25) is 0 Å². The molecule has 0 saturated carbocycles. The van der Waals surface area contributed by atoms with Gasteiger partial charge in [0.2, 0.25) is 5.91 Å². The molecule has 21 heavy (non-hydrogen) atoms. The summed E-state index contributed by atoms with van der Waals surface area (Å²) >= 11 is 0. The topological polar surface area (TPSA) is 71.5 Å². The number of aliphatic hydroxyl groups excluding tert-OH is 1. The zero-order valence-corrected chi connectivity index (χ0v) is 12.5. The zero-order valence-electron chi connectivity index (χ0n) is 12.5. The van der Waals surface area contributed by atoms with Crippen LogP contribution in [-0.4, -0.2) is 35.3 Å². The van der Waals surface area contributed by atoms with Crippen molar-refractivity contribution in [3.05, 3.63) is 30.1 Å². The molecule has 3 unspecified atom stereocenters. The molecule has 1 saturated heterocycles. The van der Waals surface area contributed by atoms with E-state index in [-0.39, 0.29) is 24.5 Å². The van der Waals surface area contributed by atoms with Gasteiger partial charge >= 0.3 is 0 Å². The number of aliphatic hydroxyl groups is 1. The van der Waals surface area contributed by atoms with E-state index in [0.29, 0.717) is 6.61 Å². The Bertz CT molecular complexity index is 436. The maximum atomic E-state index is 12.2. The molecular formula is C16H24N2O3. The number of carbonyl (C=O) groups is 1. The van der Waals surface area contributed by atoms with E-state index in [2.05, 4.69) is 17.2 Å². The lowest BCUT2D eigenvalue weighted by Gasteiger charge is -2.29. The second-order valence-corrected chi connectivity index (χ2v) is 5.54. The van der Waals surface area contributed by atoms with E-state index in [1.54, 1.807) is 24.5 Å². The highest BCUT2D eigenvalue weighted by molar-refractivity contribution is 5.78. The van der Waals surface area contributed by atoms with E-state index in [1.165, 1.54) is 0 Å². The van der Waals surface area contributed by atoms with Crippen LogP contribution in [0.1, 0.15) is 44.3 Å². The lowest BCUT2D eigenvalue weighted by Crippen LogP contribution is -2.38. The second kappa shape index (κ2) is 8.10. The van der Waals surface area contributed by atoms with Crippen molar-refractivity contribution in [2.24, 2.45) is 5.92 Å². The molecule has 2 heterocycles. The lowest BCUT2D eigenvalue weighted by molar-refractivity contribution is -0.130. The molecule has 116 valence electrons. The average molecular weight is 292 g/mol. The Hall–Kier alpha value is -1.46. The summed E-state index contributed by atoms with van der Waals surface area (Å²) in [6.07, 6.45) is 6.39. The largest absolute Gasteiger partial charge is 0.387 e. The van der Waals surface area contributed by atoms with E-state index in [9.17, 15) is 9.90 Å². The highest BCUT2D eigenvalue weighted by atomic mass is 16.5. The van der Waals surface area contributed by atoms with Gasteiger partial charge in [0, 0.05) is 31.5 Å². The van der Waals surface area contributed by atoms with E-state index < -0.39 is 6.10 Å². The van der Waals surface area contributed by atoms with Crippen molar-refractivity contribution in [1.82, 2.24) is 10.3 Å². The minimum atomic E-state index is -0.691. The number of rotatable bonds is 6. The standard InChI is InChI=1S/C16H24N2O3/c1-2-3-14-10-13(6-9-21-14)16(20)18-11-15(19)12-4-7-17-8-5-12/h4-5,7-8,13-15,19H,2-3,6,9-11H2,1H3,(H,18,20). The highest BCUT2D eigenvalue weighted by Gasteiger charge is 2.27. The Kier molecular flexibility index (Phi) is 6.14. The summed E-state index contributed by atoms with van der Waals surface area (Å²) in [7, 11) is 0. The van der Waals surface area contributed by atoms with Crippen molar-refractivity contribution in [1.29, 1.82) is 0 Å². The van der Waals surface area contributed by atoms with Crippen LogP contribution in [0.25, 0.3) is 0 Å². The molecule has 0 aliphatic carbocycles. The molecule has 1 aliphatic rings. The molecule has 1 amide bonds. The van der Waals surface area contributed by atoms with Gasteiger partial charge < -0.3 is 15.2 Å². The number of aromatic nitrogens is 1. The van der Waals surface area contributed by atoms with Crippen molar-refractivity contribution < 1.29 is 14.6 Å². The van der Waals surface area contributed by atoms with Gasteiger partial charge in [-0.15, -0.1) is 0 Å². The molecule has 1 fully saturated rings. The van der Waals surface area contributed by atoms with Gasteiger partial charge in [0.05, 0.1) is 12.2 Å². The summed E-state index contributed by atoms with van der Waals surface area (Å²) in [6.45, 7) is 3.01. The Morgan fingerprint density at radius 1 is 1.52 bits per heavy atom. The maximum absolute atomic E-state index is 12.2. The Balaban J connectivity index is 1.79. The lowest BCUT2D eigenvalue weighted by atomic mass is 9.92. The number of nitrogens with zero attached hydrogens (tertiary/aromatic N) is 1. The summed E-state index contributed by atoms with van der Waals surface area (Å²) < 4.78 is 5.66. The predicted molar refractivity (Wildman–Crippen MR) is 79.6 cm³/mol. The Labute approximate surface area is 125 Å². The van der Waals surface area contributed by atoms with Crippen molar-refractivity contribution >= 4 is 5.91 Å². The summed E-state index contributed by atoms with van der Waals surface area (Å²) in [5, 5.41) is 12.9. The van der Waals surface area contributed by atoms with Crippen LogP contribution in [0.3, 0.4) is 0 Å². The molecule has 1 aromatic heterocycles. The first kappa shape index (κ1) is 15.9. The van der Waals surface area contributed by atoms with Gasteiger partial charge in [-0.2, -0.15) is 0 Å². The fourth-order valence-corrected chi connectivity index (χ4v) is 2.69. The number of amides is 1. The van der Waals surface area contributed by atoms with Gasteiger partial charge in [0.25, 0.3) is 0 Å². The third-order valence-electron chi connectivity index (χ3n) is 3.91. The molecule has 5 heteroatoms. The first-order valence-electron chi connectivity index (χ1n) is 7.68. The van der Waals surface area contributed by atoms with Crippen LogP contribution in [0, 0.1) is 5.92 Å². The van der Waals surface area contributed by atoms with Gasteiger partial charge in [-0.05, 0) is 37.0 Å². The monoisotopic (exact) mass is 292 g/mol. The molecule has 0 radical (unpaired) electrons. The first-order valence-corrected chi connectivity index (χ1v) is 7.68. The molecule has 5 nitrogen and oxygen atoms in total. The van der Waals surface area contributed by atoms with Crippen LogP contribution in [0.4, 0.5) is 0 Å². The van der Waals surface area contributed by atoms with Crippen molar-refractivity contribution in [3.8, 4) is 0 Å². The SMILES string of the molecule is CCCC1CC(C(=O)NCC(O)c2ccncc2)CCO1. The number of ether oxygens (including phenoxy) is 1. The fraction of sp³-hybridized carbons (Fsp3) is 0.625. The van der Waals surface area contributed by atoms with Crippen molar-refractivity contribution in [3.63, 3.8) is 0 Å². The van der Waals surface area contributed by atoms with Crippen LogP contribution >= 0.6 is 0 Å². The molecule has 0 spiro atoms. The van der Waals surface area contributed by atoms with Gasteiger partial charge in [-0.3, -0.25) is 9.78 Å². The van der Waals surface area contributed by atoms with Crippen molar-refractivity contribution in [2.45, 2.75) is 44.8 Å². The third-order valence-corrected chi connectivity index (χ3v) is 3.91. The Morgan fingerprint density at radius 2 is 2.29 bits per heavy atom. The summed E-state index contributed by atoms with van der Waals surface area (Å²) in [5.74, 6) is 0.0208. The number of hydrogen-bond acceptors (Lipinski definition) is 4. The quantitative estimate of drug-likeness (QED) is 0.839. The molecule has 0 aromatic carbocycles. The van der Waals surface area contributed by atoms with E-state index in [1.807, 2.05) is 0 Å². The normalized spacial score (nSPS) is 23.5. The predicted octanol–water partition coefficient (Wildman–Crippen LogP) is 1.83. The molecule has 1 aromatic rings. The Morgan fingerprint density at radius 3 is 3.00 bits per heavy atom. The number of nitrogens with one attached hydrogen (secondary N) is 1. The summed E-state index contributed by atoms with van der Waals surface area (Å²) in [4.78, 5) is 16.1. The molecule has 3 atom stereocenters. The third kappa shape index (κ3) is 4.79. The molecule has 1 aliphatic heterocycles. The van der Waals surface area contributed by atoms with E-state index in [4.69, 9.17) is 4.74 Å². The number of hydrogen-bond donors (Lipinski definition) is 2. The van der Waals surface area contributed by atoms with Crippen LogP contribution < -0.4 is 5.32 Å². The van der Waals surface area contributed by atoms with Crippen LogP contribution in [0.5, 0.6) is 0 Å². The average Bonchev–Trinajstić information content (AvgIpc) is 2.53. The molecule has 2 rings (SSSR count). The zero-order chi connectivity index (χ0) is 15.1. The van der Waals surface area contributed by atoms with E-state index >= 15 is 0 Å². The van der Waals surface area contributed by atoms with Gasteiger partial charge in [-0.1, -0.05) is 13.3 Å². The second-order valence-electron chi connectivity index (χ2n) is 5.54. The molecular weight excluding hydrogens is 268 g/mol. The first-order chi connectivity index (χ1) is 10.2. The maximum Gasteiger partial charge on any atom is 0.223 e. The minimum absolute atomic E-state index is 0.0000555. The van der Waals surface area contributed by atoms with Gasteiger partial charge in [0.1, 0.15) is 0 Å². The number of carbonyl (C=O) groups excluding carboxylic acids is 1. The van der Waals surface area contributed by atoms with Crippen molar-refractivity contribution in [2.75, 3.05) is 13.2 Å². The molecule has 0 bridgehead atoms. The fourth-order valence-electron chi connectivity index (χ4n) is 2.69. The summed E-state index contributed by atoms with van der Waals surface area (Å²) in [6, 6.07) is 3.51. The highest BCUT2D eigenvalue weighted by Crippen LogP contribution is 2.23. The summed E-state index contributed by atoms with van der Waals surface area (Å²) in [5.41, 5.74) is 0.765.